The van der Waals surface area contributed by atoms with Crippen molar-refractivity contribution in [2.24, 2.45) is 0 Å². The molecule has 182 valence electrons. The fourth-order valence-corrected chi connectivity index (χ4v) is 4.05. The van der Waals surface area contributed by atoms with Crippen LogP contribution in [0.5, 0.6) is 17.2 Å². The second-order valence-corrected chi connectivity index (χ2v) is 7.91. The Labute approximate surface area is 207 Å². The first-order valence-corrected chi connectivity index (χ1v) is 11.7. The Morgan fingerprint density at radius 1 is 0.889 bits per heavy atom. The summed E-state index contributed by atoms with van der Waals surface area (Å²) in [7, 11) is 1.58. The lowest BCUT2D eigenvalue weighted by atomic mass is 10.1. The predicted molar refractivity (Wildman–Crippen MR) is 137 cm³/mol. The zero-order valence-corrected chi connectivity index (χ0v) is 20.2. The van der Waals surface area contributed by atoms with Crippen LogP contribution in [-0.2, 0) is 0 Å². The first-order valence-electron chi connectivity index (χ1n) is 11.7. The highest BCUT2D eigenvalue weighted by Gasteiger charge is 2.18. The van der Waals surface area contributed by atoms with E-state index in [-0.39, 0.29) is 5.56 Å². The van der Waals surface area contributed by atoms with Crippen molar-refractivity contribution >= 4 is 10.8 Å². The summed E-state index contributed by atoms with van der Waals surface area (Å²) < 4.78 is 23.8. The molecule has 0 aliphatic carbocycles. The Morgan fingerprint density at radius 2 is 1.64 bits per heavy atom. The van der Waals surface area contributed by atoms with Gasteiger partial charge in [-0.05, 0) is 62.4 Å². The van der Waals surface area contributed by atoms with Gasteiger partial charge in [0.2, 0.25) is 5.82 Å². The molecule has 0 unspecified atom stereocenters. The first-order chi connectivity index (χ1) is 17.6. The van der Waals surface area contributed by atoms with Gasteiger partial charge in [0.15, 0.2) is 11.5 Å². The average Bonchev–Trinajstić information content (AvgIpc) is 3.40. The van der Waals surface area contributed by atoms with E-state index in [0.717, 1.165) is 16.7 Å². The molecule has 5 rings (SSSR count). The van der Waals surface area contributed by atoms with E-state index in [1.165, 1.54) is 0 Å². The van der Waals surface area contributed by atoms with E-state index in [4.69, 9.17) is 18.7 Å². The number of hydrogen-bond acceptors (Lipinski definition) is 7. The van der Waals surface area contributed by atoms with E-state index in [0.29, 0.717) is 53.1 Å². The summed E-state index contributed by atoms with van der Waals surface area (Å²) in [5.41, 5.74) is 1.92. The van der Waals surface area contributed by atoms with E-state index in [1.807, 2.05) is 68.4 Å². The molecule has 3 aromatic carbocycles. The molecular weight excluding hydrogens is 458 g/mol. The van der Waals surface area contributed by atoms with Gasteiger partial charge >= 0.3 is 0 Å². The molecule has 2 heterocycles. The van der Waals surface area contributed by atoms with Gasteiger partial charge in [-0.2, -0.15) is 4.98 Å². The third-order valence-electron chi connectivity index (χ3n) is 5.73. The Hall–Kier alpha value is -4.59. The standard InChI is InChI=1S/C28H25N3O5/c1-4-34-20-13-11-19(12-14-20)31-17-23(21-8-6-7-9-22(21)28(31)32)27-29-26(30-36-27)18-10-15-24(35-5-2)25(16-18)33-3/h6-17H,4-5H2,1-3H3. The maximum Gasteiger partial charge on any atom is 0.262 e. The van der Waals surface area contributed by atoms with Crippen LogP contribution < -0.4 is 19.8 Å². The van der Waals surface area contributed by atoms with Crippen molar-refractivity contribution in [3.8, 4) is 45.8 Å². The molecule has 0 fully saturated rings. The van der Waals surface area contributed by atoms with Crippen LogP contribution in [0.3, 0.4) is 0 Å². The van der Waals surface area contributed by atoms with Gasteiger partial charge in [0.1, 0.15) is 5.75 Å². The maximum atomic E-state index is 13.3. The first kappa shape index (κ1) is 23.2. The molecule has 0 radical (unpaired) electrons. The third kappa shape index (κ3) is 4.29. The van der Waals surface area contributed by atoms with E-state index in [2.05, 4.69) is 10.1 Å². The number of rotatable bonds is 8. The van der Waals surface area contributed by atoms with Crippen LogP contribution in [0.1, 0.15) is 13.8 Å². The normalized spacial score (nSPS) is 11.0. The highest BCUT2D eigenvalue weighted by Crippen LogP contribution is 2.33. The minimum atomic E-state index is -0.144. The quantitative estimate of drug-likeness (QED) is 0.287. The van der Waals surface area contributed by atoms with Crippen LogP contribution in [0.25, 0.3) is 39.3 Å². The second-order valence-electron chi connectivity index (χ2n) is 7.91. The van der Waals surface area contributed by atoms with Gasteiger partial charge in [0.05, 0.1) is 25.9 Å². The predicted octanol–water partition coefficient (Wildman–Crippen LogP) is 5.51. The van der Waals surface area contributed by atoms with Crippen molar-refractivity contribution in [3.63, 3.8) is 0 Å². The van der Waals surface area contributed by atoms with Crippen LogP contribution in [0.4, 0.5) is 0 Å². The molecule has 8 heteroatoms. The smallest absolute Gasteiger partial charge is 0.262 e. The fraction of sp³-hybridized carbons (Fsp3) is 0.179. The SMILES string of the molecule is CCOc1ccc(-n2cc(-c3nc(-c4ccc(OCC)c(OC)c4)no3)c3ccccc3c2=O)cc1. The summed E-state index contributed by atoms with van der Waals surface area (Å²) in [6, 6.07) is 20.2. The molecule has 0 aliphatic rings. The summed E-state index contributed by atoms with van der Waals surface area (Å²) in [6.45, 7) is 4.93. The molecule has 0 amide bonds. The highest BCUT2D eigenvalue weighted by molar-refractivity contribution is 5.94. The second kappa shape index (κ2) is 9.95. The number of benzene rings is 3. The van der Waals surface area contributed by atoms with Crippen LogP contribution in [0.2, 0.25) is 0 Å². The third-order valence-corrected chi connectivity index (χ3v) is 5.73. The molecule has 0 bridgehead atoms. The van der Waals surface area contributed by atoms with Crippen LogP contribution >= 0.6 is 0 Å². The lowest BCUT2D eigenvalue weighted by Crippen LogP contribution is -2.18. The Bertz CT molecular complexity index is 1570. The maximum absolute atomic E-state index is 13.3. The number of aromatic nitrogens is 3. The lowest BCUT2D eigenvalue weighted by molar-refractivity contribution is 0.311. The Balaban J connectivity index is 1.61. The molecule has 2 aromatic heterocycles. The minimum Gasteiger partial charge on any atom is -0.494 e. The highest BCUT2D eigenvalue weighted by atomic mass is 16.5. The molecular formula is C28H25N3O5. The summed E-state index contributed by atoms with van der Waals surface area (Å²) in [5, 5.41) is 5.46. The zero-order valence-electron chi connectivity index (χ0n) is 20.2. The van der Waals surface area contributed by atoms with E-state index in [9.17, 15) is 4.79 Å². The molecule has 0 aliphatic heterocycles. The fourth-order valence-electron chi connectivity index (χ4n) is 4.05. The van der Waals surface area contributed by atoms with Gasteiger partial charge in [0, 0.05) is 28.2 Å². The van der Waals surface area contributed by atoms with E-state index in [1.54, 1.807) is 30.0 Å². The van der Waals surface area contributed by atoms with Gasteiger partial charge in [-0.15, -0.1) is 0 Å². The topological polar surface area (TPSA) is 88.6 Å². The number of methoxy groups -OCH3 is 1. The molecule has 0 spiro atoms. The number of fused-ring (bicyclic) bond motifs is 1. The van der Waals surface area contributed by atoms with Gasteiger partial charge in [-0.3, -0.25) is 9.36 Å². The van der Waals surface area contributed by atoms with E-state index >= 15 is 0 Å². The molecule has 5 aromatic rings. The summed E-state index contributed by atoms with van der Waals surface area (Å²) in [4.78, 5) is 18.0. The average molecular weight is 484 g/mol. The minimum absolute atomic E-state index is 0.144. The Morgan fingerprint density at radius 3 is 2.36 bits per heavy atom. The van der Waals surface area contributed by atoms with Crippen molar-refractivity contribution in [2.75, 3.05) is 20.3 Å². The summed E-state index contributed by atoms with van der Waals surface area (Å²) in [6.07, 6.45) is 1.73. The Kier molecular flexibility index (Phi) is 6.40. The molecule has 36 heavy (non-hydrogen) atoms. The molecule has 0 saturated carbocycles. The van der Waals surface area contributed by atoms with Crippen LogP contribution in [0, 0.1) is 0 Å². The number of ether oxygens (including phenoxy) is 3. The van der Waals surface area contributed by atoms with E-state index < -0.39 is 0 Å². The van der Waals surface area contributed by atoms with Gasteiger partial charge < -0.3 is 18.7 Å². The van der Waals surface area contributed by atoms with Gasteiger partial charge in [0.25, 0.3) is 11.4 Å². The van der Waals surface area contributed by atoms with Crippen molar-refractivity contribution in [1.29, 1.82) is 0 Å². The zero-order chi connectivity index (χ0) is 25.1. The van der Waals surface area contributed by atoms with Gasteiger partial charge in [-0.1, -0.05) is 23.4 Å². The molecule has 0 atom stereocenters. The van der Waals surface area contributed by atoms with Crippen molar-refractivity contribution in [3.05, 3.63) is 83.3 Å². The van der Waals surface area contributed by atoms with Crippen molar-refractivity contribution in [2.45, 2.75) is 13.8 Å². The van der Waals surface area contributed by atoms with Crippen molar-refractivity contribution < 1.29 is 18.7 Å². The molecule has 8 nitrogen and oxygen atoms in total. The lowest BCUT2D eigenvalue weighted by Gasteiger charge is -2.11. The summed E-state index contributed by atoms with van der Waals surface area (Å²) in [5.74, 6) is 2.65. The molecule has 0 N–H and O–H groups in total. The number of pyridine rings is 1. The largest absolute Gasteiger partial charge is 0.494 e. The summed E-state index contributed by atoms with van der Waals surface area (Å²) >= 11 is 0. The number of hydrogen-bond donors (Lipinski definition) is 0. The van der Waals surface area contributed by atoms with Crippen LogP contribution in [-0.4, -0.2) is 35.0 Å². The van der Waals surface area contributed by atoms with Gasteiger partial charge in [-0.25, -0.2) is 0 Å². The number of nitrogens with zero attached hydrogens (tertiary/aromatic N) is 3. The monoisotopic (exact) mass is 483 g/mol. The van der Waals surface area contributed by atoms with Crippen molar-refractivity contribution in [1.82, 2.24) is 14.7 Å². The van der Waals surface area contributed by atoms with Crippen LogP contribution in [0.15, 0.2) is 82.2 Å². The molecule has 0 saturated heterocycles.